The molecule has 0 spiro atoms. The Hall–Kier alpha value is -1.12. The van der Waals surface area contributed by atoms with Gasteiger partial charge in [0.05, 0.1) is 6.33 Å². The number of imidazole rings is 1. The van der Waals surface area contributed by atoms with Crippen molar-refractivity contribution < 1.29 is 0 Å². The van der Waals surface area contributed by atoms with E-state index in [4.69, 9.17) is 5.41 Å². The maximum absolute atomic E-state index is 7.81. The summed E-state index contributed by atoms with van der Waals surface area (Å²) in [4.78, 5) is 4.01. The standard InChI is InChI=1S/C10H15N3/c11-10-4-2-1-3-9(10)7-13-6-5-12-8-13/h5-6,8-9,11H,1-4,7H2. The van der Waals surface area contributed by atoms with Crippen molar-refractivity contribution in [3.8, 4) is 0 Å². The SMILES string of the molecule is N=C1CCCCC1Cn1ccnc1. The van der Waals surface area contributed by atoms with Gasteiger partial charge in [-0.1, -0.05) is 6.42 Å². The molecule has 0 saturated heterocycles. The van der Waals surface area contributed by atoms with E-state index in [1.165, 1.54) is 19.3 Å². The van der Waals surface area contributed by atoms with Gasteiger partial charge >= 0.3 is 0 Å². The molecule has 1 fully saturated rings. The molecule has 0 bridgehead atoms. The lowest BCUT2D eigenvalue weighted by Gasteiger charge is -2.22. The van der Waals surface area contributed by atoms with Crippen LogP contribution in [-0.2, 0) is 6.54 Å². The Morgan fingerprint density at radius 3 is 3.15 bits per heavy atom. The van der Waals surface area contributed by atoms with Crippen LogP contribution >= 0.6 is 0 Å². The van der Waals surface area contributed by atoms with Crippen LogP contribution in [0, 0.1) is 11.3 Å². The Bertz CT molecular complexity index is 276. The van der Waals surface area contributed by atoms with Gasteiger partial charge in [0, 0.05) is 30.6 Å². The fourth-order valence-electron chi connectivity index (χ4n) is 1.94. The van der Waals surface area contributed by atoms with E-state index in [-0.39, 0.29) is 0 Å². The fraction of sp³-hybridized carbons (Fsp3) is 0.600. The maximum atomic E-state index is 7.81. The second-order valence-corrected chi connectivity index (χ2v) is 3.73. The molecule has 3 nitrogen and oxygen atoms in total. The molecular formula is C10H15N3. The smallest absolute Gasteiger partial charge is 0.0946 e. The van der Waals surface area contributed by atoms with Crippen molar-refractivity contribution in [2.75, 3.05) is 0 Å². The minimum absolute atomic E-state index is 0.461. The molecule has 1 aromatic heterocycles. The predicted octanol–water partition coefficient (Wildman–Crippen LogP) is 2.09. The summed E-state index contributed by atoms with van der Waals surface area (Å²) in [5.74, 6) is 0.461. The predicted molar refractivity (Wildman–Crippen MR) is 51.9 cm³/mol. The summed E-state index contributed by atoms with van der Waals surface area (Å²) in [6.07, 6.45) is 10.3. The number of nitrogens with one attached hydrogen (secondary N) is 1. The Morgan fingerprint density at radius 1 is 1.54 bits per heavy atom. The lowest BCUT2D eigenvalue weighted by molar-refractivity contribution is 0.461. The van der Waals surface area contributed by atoms with E-state index in [0.29, 0.717) is 5.92 Å². The molecule has 0 amide bonds. The zero-order valence-corrected chi connectivity index (χ0v) is 7.74. The highest BCUT2D eigenvalue weighted by molar-refractivity contribution is 5.84. The Morgan fingerprint density at radius 2 is 2.46 bits per heavy atom. The van der Waals surface area contributed by atoms with Gasteiger partial charge in [0.1, 0.15) is 0 Å². The van der Waals surface area contributed by atoms with Crippen molar-refractivity contribution in [3.05, 3.63) is 18.7 Å². The van der Waals surface area contributed by atoms with Gasteiger partial charge in [-0.3, -0.25) is 0 Å². The zero-order chi connectivity index (χ0) is 9.10. The molecule has 13 heavy (non-hydrogen) atoms. The first-order valence-electron chi connectivity index (χ1n) is 4.89. The molecule has 1 saturated carbocycles. The molecular weight excluding hydrogens is 162 g/mol. The van der Waals surface area contributed by atoms with E-state index < -0.39 is 0 Å². The molecule has 2 rings (SSSR count). The summed E-state index contributed by atoms with van der Waals surface area (Å²) in [6, 6.07) is 0. The summed E-state index contributed by atoms with van der Waals surface area (Å²) < 4.78 is 2.07. The van der Waals surface area contributed by atoms with Gasteiger partial charge in [-0.2, -0.15) is 0 Å². The molecule has 0 aliphatic heterocycles. The van der Waals surface area contributed by atoms with E-state index in [0.717, 1.165) is 18.7 Å². The van der Waals surface area contributed by atoms with Crippen LogP contribution in [0.2, 0.25) is 0 Å². The molecule has 1 unspecified atom stereocenters. The normalized spacial score (nSPS) is 23.4. The van der Waals surface area contributed by atoms with Gasteiger partial charge in [-0.15, -0.1) is 0 Å². The lowest BCUT2D eigenvalue weighted by atomic mass is 9.87. The molecule has 1 atom stereocenters. The van der Waals surface area contributed by atoms with Crippen LogP contribution in [0.5, 0.6) is 0 Å². The van der Waals surface area contributed by atoms with Gasteiger partial charge in [-0.05, 0) is 19.3 Å². The summed E-state index contributed by atoms with van der Waals surface area (Å²) in [5.41, 5.74) is 0.931. The van der Waals surface area contributed by atoms with E-state index in [9.17, 15) is 0 Å². The van der Waals surface area contributed by atoms with Crippen molar-refractivity contribution in [1.82, 2.24) is 9.55 Å². The van der Waals surface area contributed by atoms with Crippen LogP contribution in [0.1, 0.15) is 25.7 Å². The number of hydrogen-bond donors (Lipinski definition) is 1. The van der Waals surface area contributed by atoms with Gasteiger partial charge < -0.3 is 9.98 Å². The summed E-state index contributed by atoms with van der Waals surface area (Å²) >= 11 is 0. The minimum atomic E-state index is 0.461. The molecule has 0 radical (unpaired) electrons. The quantitative estimate of drug-likeness (QED) is 0.738. The average Bonchev–Trinajstić information content (AvgIpc) is 2.61. The fourth-order valence-corrected chi connectivity index (χ4v) is 1.94. The topological polar surface area (TPSA) is 41.7 Å². The third-order valence-electron chi connectivity index (χ3n) is 2.73. The maximum Gasteiger partial charge on any atom is 0.0946 e. The monoisotopic (exact) mass is 177 g/mol. The van der Waals surface area contributed by atoms with Crippen molar-refractivity contribution >= 4 is 5.71 Å². The van der Waals surface area contributed by atoms with Crippen LogP contribution in [0.3, 0.4) is 0 Å². The van der Waals surface area contributed by atoms with Crippen LogP contribution in [-0.4, -0.2) is 15.3 Å². The second-order valence-electron chi connectivity index (χ2n) is 3.73. The molecule has 1 aliphatic carbocycles. The highest BCUT2D eigenvalue weighted by Gasteiger charge is 2.18. The zero-order valence-electron chi connectivity index (χ0n) is 7.74. The van der Waals surface area contributed by atoms with Crippen LogP contribution in [0.25, 0.3) is 0 Å². The number of aromatic nitrogens is 2. The number of nitrogens with zero attached hydrogens (tertiary/aromatic N) is 2. The molecule has 70 valence electrons. The van der Waals surface area contributed by atoms with Crippen molar-refractivity contribution in [1.29, 1.82) is 5.41 Å². The third-order valence-corrected chi connectivity index (χ3v) is 2.73. The average molecular weight is 177 g/mol. The van der Waals surface area contributed by atoms with Crippen LogP contribution in [0.4, 0.5) is 0 Å². The second kappa shape index (κ2) is 3.73. The lowest BCUT2D eigenvalue weighted by Crippen LogP contribution is -2.22. The first-order valence-corrected chi connectivity index (χ1v) is 4.89. The van der Waals surface area contributed by atoms with Crippen LogP contribution < -0.4 is 0 Å². The van der Waals surface area contributed by atoms with Crippen molar-refractivity contribution in [2.24, 2.45) is 5.92 Å². The third kappa shape index (κ3) is 1.97. The summed E-state index contributed by atoms with van der Waals surface area (Å²) in [5, 5.41) is 7.81. The van der Waals surface area contributed by atoms with Crippen LogP contribution in [0.15, 0.2) is 18.7 Å². The van der Waals surface area contributed by atoms with E-state index in [1.54, 1.807) is 6.20 Å². The van der Waals surface area contributed by atoms with Gasteiger partial charge in [-0.25, -0.2) is 4.98 Å². The van der Waals surface area contributed by atoms with Crippen molar-refractivity contribution in [2.45, 2.75) is 32.2 Å². The first-order chi connectivity index (χ1) is 6.36. The number of hydrogen-bond acceptors (Lipinski definition) is 2. The molecule has 1 aliphatic rings. The van der Waals surface area contributed by atoms with E-state index in [2.05, 4.69) is 9.55 Å². The van der Waals surface area contributed by atoms with Gasteiger partial charge in [0.2, 0.25) is 0 Å². The Labute approximate surface area is 78.3 Å². The van der Waals surface area contributed by atoms with E-state index >= 15 is 0 Å². The molecule has 1 heterocycles. The largest absolute Gasteiger partial charge is 0.337 e. The van der Waals surface area contributed by atoms with Gasteiger partial charge in [0.15, 0.2) is 0 Å². The Kier molecular flexibility index (Phi) is 2.43. The summed E-state index contributed by atoms with van der Waals surface area (Å²) in [7, 11) is 0. The van der Waals surface area contributed by atoms with E-state index in [1.807, 2.05) is 12.5 Å². The first kappa shape index (κ1) is 8.48. The molecule has 0 aromatic carbocycles. The van der Waals surface area contributed by atoms with Gasteiger partial charge in [0.25, 0.3) is 0 Å². The highest BCUT2D eigenvalue weighted by atomic mass is 15.0. The number of rotatable bonds is 2. The Balaban J connectivity index is 1.97. The molecule has 1 N–H and O–H groups in total. The molecule has 3 heteroatoms. The minimum Gasteiger partial charge on any atom is -0.337 e. The molecule has 1 aromatic rings. The highest BCUT2D eigenvalue weighted by Crippen LogP contribution is 2.22. The van der Waals surface area contributed by atoms with Crippen molar-refractivity contribution in [3.63, 3.8) is 0 Å². The summed E-state index contributed by atoms with van der Waals surface area (Å²) in [6.45, 7) is 0.943.